The lowest BCUT2D eigenvalue weighted by molar-refractivity contribution is -0.151. The van der Waals surface area contributed by atoms with Crippen molar-refractivity contribution in [3.63, 3.8) is 0 Å². The molecule has 0 bridgehead atoms. The zero-order valence-corrected chi connectivity index (χ0v) is 15.6. The monoisotopic (exact) mass is 402 g/mol. The zero-order valence-electron chi connectivity index (χ0n) is 15.6. The van der Waals surface area contributed by atoms with Gasteiger partial charge in [-0.2, -0.15) is 18.2 Å². The van der Waals surface area contributed by atoms with Crippen LogP contribution in [0, 0.1) is 11.8 Å². The molecule has 10 heteroatoms. The summed E-state index contributed by atoms with van der Waals surface area (Å²) in [7, 11) is 0. The summed E-state index contributed by atoms with van der Waals surface area (Å²) in [6.07, 6.45) is 0.496. The normalized spacial score (nSPS) is 29.9. The number of likely N-dealkylation sites (tertiary alicyclic amines) is 2. The van der Waals surface area contributed by atoms with Crippen LogP contribution in [0.3, 0.4) is 0 Å². The summed E-state index contributed by atoms with van der Waals surface area (Å²) >= 11 is 0. The van der Waals surface area contributed by atoms with E-state index in [0.717, 1.165) is 25.7 Å². The van der Waals surface area contributed by atoms with E-state index in [4.69, 9.17) is 4.52 Å². The molecule has 156 valence electrons. The Labute approximate surface area is 160 Å². The molecule has 3 heterocycles. The lowest BCUT2D eigenvalue weighted by atomic mass is 9.75. The molecule has 1 aromatic heterocycles. The Morgan fingerprint density at radius 1 is 1.21 bits per heavy atom. The number of hydrogen-bond donors (Lipinski definition) is 1. The fourth-order valence-electron chi connectivity index (χ4n) is 4.77. The molecule has 7 nitrogen and oxygen atoms in total. The third-order valence-electron chi connectivity index (χ3n) is 6.45. The van der Waals surface area contributed by atoms with Gasteiger partial charge in [-0.3, -0.25) is 9.69 Å². The number of rotatable bonds is 3. The number of amides is 1. The Balaban J connectivity index is 1.39. The minimum Gasteiger partial charge on any atom is -0.389 e. The van der Waals surface area contributed by atoms with Crippen molar-refractivity contribution in [3.8, 4) is 0 Å². The van der Waals surface area contributed by atoms with Crippen LogP contribution in [-0.2, 0) is 17.5 Å². The van der Waals surface area contributed by atoms with Gasteiger partial charge >= 0.3 is 6.18 Å². The van der Waals surface area contributed by atoms with Gasteiger partial charge < -0.3 is 14.5 Å². The van der Waals surface area contributed by atoms with Crippen molar-refractivity contribution < 1.29 is 27.6 Å². The average molecular weight is 402 g/mol. The van der Waals surface area contributed by atoms with Gasteiger partial charge in [0.05, 0.1) is 12.1 Å². The molecule has 4 rings (SSSR count). The van der Waals surface area contributed by atoms with Crippen molar-refractivity contribution in [3.05, 3.63) is 11.7 Å². The molecular formula is C18H25F3N4O3. The van der Waals surface area contributed by atoms with Crippen LogP contribution in [0.25, 0.3) is 0 Å². The van der Waals surface area contributed by atoms with Gasteiger partial charge in [0.15, 0.2) is 0 Å². The first-order valence-electron chi connectivity index (χ1n) is 9.88. The largest absolute Gasteiger partial charge is 0.455 e. The van der Waals surface area contributed by atoms with Gasteiger partial charge in [0.25, 0.3) is 5.82 Å². The summed E-state index contributed by atoms with van der Waals surface area (Å²) in [6.45, 7) is 2.18. The summed E-state index contributed by atoms with van der Waals surface area (Å²) in [6, 6.07) is 0. The SMILES string of the molecule is O=C(C1CCCC1)N1CC[C@]2(O)CCN(Cc3nc(C(F)(F)F)no3)C[C@@H]2C1. The number of fused-ring (bicyclic) bond motifs is 1. The van der Waals surface area contributed by atoms with E-state index >= 15 is 0 Å². The van der Waals surface area contributed by atoms with Gasteiger partial charge in [0.2, 0.25) is 11.8 Å². The third-order valence-corrected chi connectivity index (χ3v) is 6.45. The number of piperidine rings is 2. The number of halogens is 3. The van der Waals surface area contributed by atoms with Crippen molar-refractivity contribution in [2.24, 2.45) is 11.8 Å². The van der Waals surface area contributed by atoms with Crippen LogP contribution in [0.2, 0.25) is 0 Å². The quantitative estimate of drug-likeness (QED) is 0.834. The van der Waals surface area contributed by atoms with Gasteiger partial charge in [-0.05, 0) is 25.7 Å². The van der Waals surface area contributed by atoms with Crippen LogP contribution in [0.4, 0.5) is 13.2 Å². The van der Waals surface area contributed by atoms with Crippen LogP contribution >= 0.6 is 0 Å². The first-order valence-corrected chi connectivity index (χ1v) is 9.88. The van der Waals surface area contributed by atoms with E-state index in [1.807, 2.05) is 9.80 Å². The Kier molecular flexibility index (Phi) is 5.11. The number of alkyl halides is 3. The smallest absolute Gasteiger partial charge is 0.389 e. The maximum atomic E-state index is 12.7. The van der Waals surface area contributed by atoms with Gasteiger partial charge in [0, 0.05) is 38.0 Å². The molecule has 1 saturated carbocycles. The van der Waals surface area contributed by atoms with Crippen LogP contribution in [0.5, 0.6) is 0 Å². The number of carbonyl (C=O) groups is 1. The van der Waals surface area contributed by atoms with Gasteiger partial charge in [-0.15, -0.1) is 0 Å². The molecule has 2 saturated heterocycles. The van der Waals surface area contributed by atoms with E-state index in [-0.39, 0.29) is 30.2 Å². The van der Waals surface area contributed by atoms with Crippen molar-refractivity contribution in [2.45, 2.75) is 56.8 Å². The highest BCUT2D eigenvalue weighted by Crippen LogP contribution is 2.37. The predicted octanol–water partition coefficient (Wildman–Crippen LogP) is 2.06. The molecule has 0 unspecified atom stereocenters. The highest BCUT2D eigenvalue weighted by Gasteiger charge is 2.47. The van der Waals surface area contributed by atoms with Gasteiger partial charge in [0.1, 0.15) is 0 Å². The molecule has 1 N–H and O–H groups in total. The summed E-state index contributed by atoms with van der Waals surface area (Å²) < 4.78 is 42.6. The molecule has 2 atom stereocenters. The molecule has 3 aliphatic rings. The van der Waals surface area contributed by atoms with E-state index in [1.54, 1.807) is 0 Å². The van der Waals surface area contributed by atoms with Crippen molar-refractivity contribution in [2.75, 3.05) is 26.2 Å². The van der Waals surface area contributed by atoms with Crippen molar-refractivity contribution in [1.82, 2.24) is 19.9 Å². The Morgan fingerprint density at radius 2 is 1.93 bits per heavy atom. The summed E-state index contributed by atoms with van der Waals surface area (Å²) in [5, 5.41) is 14.0. The highest BCUT2D eigenvalue weighted by molar-refractivity contribution is 5.79. The Bertz CT molecular complexity index is 719. The van der Waals surface area contributed by atoms with Gasteiger partial charge in [-0.1, -0.05) is 18.0 Å². The Morgan fingerprint density at radius 3 is 2.61 bits per heavy atom. The topological polar surface area (TPSA) is 82.7 Å². The van der Waals surface area contributed by atoms with E-state index in [0.29, 0.717) is 39.0 Å². The fourth-order valence-corrected chi connectivity index (χ4v) is 4.77. The second kappa shape index (κ2) is 7.29. The third kappa shape index (κ3) is 3.89. The molecule has 0 radical (unpaired) electrons. The average Bonchev–Trinajstić information content (AvgIpc) is 3.32. The van der Waals surface area contributed by atoms with Crippen LogP contribution < -0.4 is 0 Å². The van der Waals surface area contributed by atoms with Crippen molar-refractivity contribution >= 4 is 5.91 Å². The Hall–Kier alpha value is -1.68. The van der Waals surface area contributed by atoms with E-state index in [2.05, 4.69) is 10.1 Å². The molecule has 1 amide bonds. The summed E-state index contributed by atoms with van der Waals surface area (Å²) in [5.41, 5.74) is -0.824. The minimum atomic E-state index is -4.63. The first kappa shape index (κ1) is 19.6. The van der Waals surface area contributed by atoms with Crippen LogP contribution in [-0.4, -0.2) is 62.7 Å². The minimum absolute atomic E-state index is 0.0903. The molecule has 2 aliphatic heterocycles. The van der Waals surface area contributed by atoms with E-state index < -0.39 is 17.6 Å². The molecule has 3 fully saturated rings. The molecule has 1 aromatic rings. The van der Waals surface area contributed by atoms with E-state index in [9.17, 15) is 23.1 Å². The number of aliphatic hydroxyl groups is 1. The lowest BCUT2D eigenvalue weighted by Crippen LogP contribution is -2.60. The summed E-state index contributed by atoms with van der Waals surface area (Å²) in [4.78, 5) is 19.9. The molecule has 0 spiro atoms. The number of carbonyl (C=O) groups excluding carboxylic acids is 1. The lowest BCUT2D eigenvalue weighted by Gasteiger charge is -2.50. The molecule has 28 heavy (non-hydrogen) atoms. The number of nitrogens with zero attached hydrogens (tertiary/aromatic N) is 4. The summed E-state index contributed by atoms with van der Waals surface area (Å²) in [5.74, 6) is -1.21. The molecular weight excluding hydrogens is 377 g/mol. The standard InChI is InChI=1S/C18H25F3N4O3/c19-18(20,21)16-22-14(28-23-16)11-24-7-5-17(27)6-8-25(10-13(17)9-24)15(26)12-3-1-2-4-12/h12-13,27H,1-11H2/t13-,17-/m1/s1. The highest BCUT2D eigenvalue weighted by atomic mass is 19.4. The second-order valence-electron chi connectivity index (χ2n) is 8.31. The molecule has 0 aromatic carbocycles. The maximum Gasteiger partial charge on any atom is 0.455 e. The first-order chi connectivity index (χ1) is 13.2. The number of aromatic nitrogens is 2. The fraction of sp³-hybridized carbons (Fsp3) is 0.833. The van der Waals surface area contributed by atoms with E-state index in [1.165, 1.54) is 0 Å². The second-order valence-corrected chi connectivity index (χ2v) is 8.31. The zero-order chi connectivity index (χ0) is 19.9. The van der Waals surface area contributed by atoms with Crippen molar-refractivity contribution in [1.29, 1.82) is 0 Å². The maximum absolute atomic E-state index is 12.7. The van der Waals surface area contributed by atoms with Gasteiger partial charge in [-0.25, -0.2) is 0 Å². The molecule has 1 aliphatic carbocycles. The number of hydrogen-bond acceptors (Lipinski definition) is 6. The van der Waals surface area contributed by atoms with Crippen LogP contribution in [0.1, 0.15) is 50.2 Å². The van der Waals surface area contributed by atoms with Crippen LogP contribution in [0.15, 0.2) is 4.52 Å². The predicted molar refractivity (Wildman–Crippen MR) is 90.8 cm³/mol.